The second kappa shape index (κ2) is 4.85. The summed E-state index contributed by atoms with van der Waals surface area (Å²) in [5.74, 6) is -0.179. The van der Waals surface area contributed by atoms with E-state index < -0.39 is 0 Å². The Hall–Kier alpha value is -0.930. The highest BCUT2D eigenvalue weighted by Crippen LogP contribution is 2.24. The van der Waals surface area contributed by atoms with Crippen LogP contribution in [0.2, 0.25) is 0 Å². The average molecular weight is 196 g/mol. The number of phenols is 2. The second-order valence-corrected chi connectivity index (χ2v) is 2.36. The first-order valence-electron chi connectivity index (χ1n) is 3.45. The van der Waals surface area contributed by atoms with Crippen LogP contribution in [0.1, 0.15) is 5.56 Å². The van der Waals surface area contributed by atoms with E-state index in [1.165, 1.54) is 12.1 Å². The molecular weight excluding hydrogens is 184 g/mol. The summed E-state index contributed by atoms with van der Waals surface area (Å²) in [4.78, 5) is 0. The third-order valence-electron chi connectivity index (χ3n) is 1.47. The summed E-state index contributed by atoms with van der Waals surface area (Å²) in [6, 6.07) is 4.71. The van der Waals surface area contributed by atoms with E-state index in [2.05, 4.69) is 0 Å². The quantitative estimate of drug-likeness (QED) is 0.618. The number of hydrogen-bond acceptors (Lipinski definition) is 3. The van der Waals surface area contributed by atoms with Crippen LogP contribution in [-0.4, -0.2) is 16.8 Å². The van der Waals surface area contributed by atoms with Gasteiger partial charge in [-0.1, -0.05) is 6.07 Å². The third-order valence-corrected chi connectivity index (χ3v) is 1.47. The Morgan fingerprint density at radius 1 is 1.17 bits per heavy atom. The predicted molar refractivity (Wildman–Crippen MR) is 49.8 cm³/mol. The Kier molecular flexibility index (Phi) is 4.47. The fraction of sp³-hybridized carbons (Fsp3) is 0.250. The largest absolute Gasteiger partial charge is 0.504 e. The molecule has 0 aliphatic heterocycles. The smallest absolute Gasteiger partial charge is 0.157 e. The van der Waals surface area contributed by atoms with Gasteiger partial charge in [0.2, 0.25) is 0 Å². The Balaban J connectivity index is 0.00000121. The van der Waals surface area contributed by atoms with Gasteiger partial charge < -0.3 is 15.9 Å². The maximum absolute atomic E-state index is 9.04. The van der Waals surface area contributed by atoms with Crippen molar-refractivity contribution in [1.82, 2.24) is 0 Å². The van der Waals surface area contributed by atoms with E-state index in [-0.39, 0.29) is 23.9 Å². The van der Waals surface area contributed by atoms with E-state index in [4.69, 9.17) is 15.9 Å². The highest BCUT2D eigenvalue weighted by atomic mass is 35.5. The number of phenolic OH excluding ortho intramolecular Hbond substituents is 2. The molecule has 0 bridgehead atoms. The predicted octanol–water partition coefficient (Wildman–Crippen LogP) is 1.02. The maximum atomic E-state index is 9.04. The topological polar surface area (TPSA) is 66.5 Å². The molecule has 68 valence electrons. The molecule has 0 saturated heterocycles. The van der Waals surface area contributed by atoms with Gasteiger partial charge in [-0.05, 0) is 30.7 Å². The molecule has 0 heterocycles. The van der Waals surface area contributed by atoms with E-state index >= 15 is 0 Å². The second-order valence-electron chi connectivity index (χ2n) is 2.36. The molecule has 0 aliphatic carbocycles. The summed E-state index contributed by atoms with van der Waals surface area (Å²) < 4.78 is 0. The van der Waals surface area contributed by atoms with Gasteiger partial charge in [-0.15, -0.1) is 12.4 Å². The first-order valence-corrected chi connectivity index (χ1v) is 3.45. The lowest BCUT2D eigenvalue weighted by Gasteiger charge is -2.00. The van der Waals surface area contributed by atoms with Gasteiger partial charge in [0.25, 0.3) is 0 Å². The molecule has 4 N–H and O–H groups in total. The number of nitrogens with two attached hydrogens (primary N) is 1. The monoisotopic (exact) mass is 195 g/mol. The van der Waals surface area contributed by atoms with Crippen LogP contribution in [0.4, 0.5) is 0 Å². The third kappa shape index (κ3) is 2.60. The van der Waals surface area contributed by atoms with Gasteiger partial charge in [0.1, 0.15) is 0 Å². The molecule has 1 aromatic rings. The number of benzene rings is 1. The molecule has 0 aliphatic rings. The van der Waals surface area contributed by atoms with E-state index in [0.29, 0.717) is 13.0 Å². The molecule has 0 fully saturated rings. The molecule has 0 atom stereocenters. The Morgan fingerprint density at radius 2 is 1.83 bits per heavy atom. The van der Waals surface area contributed by atoms with Crippen molar-refractivity contribution in [2.24, 2.45) is 5.73 Å². The van der Waals surface area contributed by atoms with Crippen molar-refractivity contribution in [1.29, 1.82) is 0 Å². The first kappa shape index (κ1) is 11.1. The number of aromatic hydroxyl groups is 2. The van der Waals surface area contributed by atoms with Gasteiger partial charge in [-0.2, -0.15) is 0 Å². The van der Waals surface area contributed by atoms with Crippen molar-refractivity contribution in [2.75, 3.05) is 6.54 Å². The van der Waals surface area contributed by atoms with Gasteiger partial charge in [-0.25, -0.2) is 0 Å². The van der Waals surface area contributed by atoms with Gasteiger partial charge in [-0.3, -0.25) is 0 Å². The fourth-order valence-corrected chi connectivity index (χ4v) is 0.891. The Labute approximate surface area is 77.2 Å². The normalized spacial score (nSPS) is 9.08. The van der Waals surface area contributed by atoms with Gasteiger partial charge >= 0.3 is 0 Å². The standard InChI is InChI=1S/C8H11NO2.ClH/c9-4-3-6-1-2-7(10)8(11)5-6;/h1-2,5,10-11H,3-4,9H2;1H/i1+1,2+1,5+1,6+1,7+1,8+1;. The minimum Gasteiger partial charge on any atom is -0.504 e. The summed E-state index contributed by atoms with van der Waals surface area (Å²) in [5.41, 5.74) is 6.24. The molecule has 0 radical (unpaired) electrons. The van der Waals surface area contributed by atoms with Crippen LogP contribution in [-0.2, 0) is 6.42 Å². The lowest BCUT2D eigenvalue weighted by atomic mass is 10.6. The van der Waals surface area contributed by atoms with Crippen LogP contribution in [0.3, 0.4) is 0 Å². The van der Waals surface area contributed by atoms with Gasteiger partial charge in [0.05, 0.1) is 0 Å². The molecule has 0 unspecified atom stereocenters. The SMILES string of the molecule is Cl.NCC[13c]1[13cH][13cH][13c](O)[13c](O)[13cH]1. The van der Waals surface area contributed by atoms with Crippen molar-refractivity contribution in [3.8, 4) is 11.5 Å². The Bertz CT molecular complexity index is 253. The van der Waals surface area contributed by atoms with E-state index in [1.54, 1.807) is 6.07 Å². The van der Waals surface area contributed by atoms with Gasteiger partial charge in [0, 0.05) is 0 Å². The molecule has 3 nitrogen and oxygen atoms in total. The van der Waals surface area contributed by atoms with Gasteiger partial charge in [0.15, 0.2) is 11.5 Å². The highest BCUT2D eigenvalue weighted by Gasteiger charge is 1.98. The fourth-order valence-electron chi connectivity index (χ4n) is 0.891. The summed E-state index contributed by atoms with van der Waals surface area (Å²) in [5, 5.41) is 18.0. The van der Waals surface area contributed by atoms with Crippen LogP contribution >= 0.6 is 12.4 Å². The minimum absolute atomic E-state index is 0. The summed E-state index contributed by atoms with van der Waals surface area (Å²) in [6.45, 7) is 0.546. The van der Waals surface area contributed by atoms with Crippen molar-refractivity contribution in [2.45, 2.75) is 6.42 Å². The summed E-state index contributed by atoms with van der Waals surface area (Å²) in [6.07, 6.45) is 0.716. The van der Waals surface area contributed by atoms with Crippen molar-refractivity contribution in [3.63, 3.8) is 0 Å². The molecular formula is C8H12ClNO2. The molecule has 12 heavy (non-hydrogen) atoms. The van der Waals surface area contributed by atoms with Crippen LogP contribution in [0.5, 0.6) is 11.5 Å². The number of hydrogen-bond donors (Lipinski definition) is 3. The van der Waals surface area contributed by atoms with Crippen LogP contribution in [0, 0.1) is 0 Å². The molecule has 0 spiro atoms. The zero-order chi connectivity index (χ0) is 8.27. The lowest BCUT2D eigenvalue weighted by molar-refractivity contribution is 0.403. The number of halogens is 1. The maximum Gasteiger partial charge on any atom is 0.157 e. The zero-order valence-electron chi connectivity index (χ0n) is 6.53. The average Bonchev–Trinajstić information content (AvgIpc) is 1.98. The molecule has 1 rings (SSSR count). The molecule has 0 saturated carbocycles. The highest BCUT2D eigenvalue weighted by molar-refractivity contribution is 5.85. The molecule has 0 amide bonds. The van der Waals surface area contributed by atoms with Crippen LogP contribution < -0.4 is 5.73 Å². The van der Waals surface area contributed by atoms with E-state index in [9.17, 15) is 0 Å². The van der Waals surface area contributed by atoms with Crippen molar-refractivity contribution >= 4 is 12.4 Å². The lowest BCUT2D eigenvalue weighted by Crippen LogP contribution is -2.02. The molecule has 0 aromatic heterocycles. The van der Waals surface area contributed by atoms with E-state index in [1.807, 2.05) is 0 Å². The number of rotatable bonds is 2. The van der Waals surface area contributed by atoms with Crippen LogP contribution in [0.15, 0.2) is 18.2 Å². The summed E-state index contributed by atoms with van der Waals surface area (Å²) in [7, 11) is 0. The minimum atomic E-state index is -0.0919. The van der Waals surface area contributed by atoms with Crippen LogP contribution in [0.25, 0.3) is 0 Å². The van der Waals surface area contributed by atoms with Crippen molar-refractivity contribution in [3.05, 3.63) is 23.8 Å². The molecule has 4 heteroatoms. The zero-order valence-corrected chi connectivity index (χ0v) is 7.34. The summed E-state index contributed by atoms with van der Waals surface area (Å²) >= 11 is 0. The first-order chi connectivity index (χ1) is 5.24. The van der Waals surface area contributed by atoms with Crippen molar-refractivity contribution < 1.29 is 10.2 Å². The Morgan fingerprint density at radius 3 is 2.33 bits per heavy atom. The van der Waals surface area contributed by atoms with E-state index in [0.717, 1.165) is 5.56 Å². The molecule has 1 aromatic carbocycles.